The zero-order valence-corrected chi connectivity index (χ0v) is 11.8. The van der Waals surface area contributed by atoms with Gasteiger partial charge in [-0.05, 0) is 37.4 Å². The van der Waals surface area contributed by atoms with Gasteiger partial charge in [0.25, 0.3) is 0 Å². The molecule has 0 amide bonds. The lowest BCUT2D eigenvalue weighted by Crippen LogP contribution is -2.39. The summed E-state index contributed by atoms with van der Waals surface area (Å²) in [7, 11) is 0. The summed E-state index contributed by atoms with van der Waals surface area (Å²) in [4.78, 5) is 2.34. The fraction of sp³-hybridized carbons (Fsp3) is 0.625. The highest BCUT2D eigenvalue weighted by molar-refractivity contribution is 5.13. The number of aliphatic hydroxyl groups excluding tert-OH is 1. The summed E-state index contributed by atoms with van der Waals surface area (Å²) in [5.41, 5.74) is 1.15. The molecule has 0 saturated carbocycles. The number of rotatable bonds is 6. The van der Waals surface area contributed by atoms with Gasteiger partial charge in [0.2, 0.25) is 0 Å². The lowest BCUT2D eigenvalue weighted by Gasteiger charge is -2.31. The van der Waals surface area contributed by atoms with Crippen LogP contribution in [-0.4, -0.2) is 42.4 Å². The molecule has 0 bridgehead atoms. The largest absolute Gasteiger partial charge is 0.389 e. The first kappa shape index (κ1) is 14.5. The molecule has 1 aromatic carbocycles. The van der Waals surface area contributed by atoms with Crippen LogP contribution in [0.5, 0.6) is 0 Å². The van der Waals surface area contributed by atoms with Crippen molar-refractivity contribution in [1.82, 2.24) is 4.90 Å². The summed E-state index contributed by atoms with van der Waals surface area (Å²) in [5, 5.41) is 9.98. The van der Waals surface area contributed by atoms with Crippen LogP contribution in [0.25, 0.3) is 0 Å². The molecule has 3 heteroatoms. The summed E-state index contributed by atoms with van der Waals surface area (Å²) in [6, 6.07) is 10.1. The summed E-state index contributed by atoms with van der Waals surface area (Å²) >= 11 is 0. The molecule has 2 rings (SSSR count). The summed E-state index contributed by atoms with van der Waals surface area (Å²) in [6.45, 7) is 6.25. The van der Waals surface area contributed by atoms with E-state index in [0.717, 1.165) is 31.1 Å². The second kappa shape index (κ2) is 7.63. The number of ether oxygens (including phenoxy) is 1. The van der Waals surface area contributed by atoms with E-state index in [2.05, 4.69) is 11.8 Å². The first-order valence-electron chi connectivity index (χ1n) is 7.26. The van der Waals surface area contributed by atoms with Crippen LogP contribution in [0, 0.1) is 5.92 Å². The third-order valence-corrected chi connectivity index (χ3v) is 3.77. The number of nitrogens with zero attached hydrogens (tertiary/aromatic N) is 1. The molecule has 0 radical (unpaired) electrons. The maximum Gasteiger partial charge on any atom is 0.0900 e. The number of β-amino-alcohol motifs (C(OH)–C–C–N with tert-alkyl or cyclic N) is 1. The fourth-order valence-electron chi connectivity index (χ4n) is 2.48. The molecular formula is C16H25NO2. The molecule has 0 spiro atoms. The number of benzene rings is 1. The number of aliphatic hydroxyl groups is 1. The van der Waals surface area contributed by atoms with Gasteiger partial charge in [-0.25, -0.2) is 0 Å². The monoisotopic (exact) mass is 263 g/mol. The van der Waals surface area contributed by atoms with Crippen LogP contribution < -0.4 is 0 Å². The van der Waals surface area contributed by atoms with E-state index >= 15 is 0 Å². The Morgan fingerprint density at radius 2 is 1.95 bits per heavy atom. The van der Waals surface area contributed by atoms with Gasteiger partial charge < -0.3 is 14.7 Å². The Morgan fingerprint density at radius 1 is 1.26 bits per heavy atom. The molecule has 1 saturated heterocycles. The van der Waals surface area contributed by atoms with Gasteiger partial charge in [0.05, 0.1) is 19.3 Å². The van der Waals surface area contributed by atoms with E-state index in [1.165, 1.54) is 12.8 Å². The van der Waals surface area contributed by atoms with Crippen LogP contribution in [0.15, 0.2) is 30.3 Å². The van der Waals surface area contributed by atoms with E-state index in [1.807, 2.05) is 30.3 Å². The number of piperidine rings is 1. The second-order valence-corrected chi connectivity index (χ2v) is 5.64. The van der Waals surface area contributed by atoms with Crippen LogP contribution in [0.2, 0.25) is 0 Å². The van der Waals surface area contributed by atoms with E-state index in [-0.39, 0.29) is 6.10 Å². The van der Waals surface area contributed by atoms with Crippen LogP contribution >= 0.6 is 0 Å². The molecule has 3 nitrogen and oxygen atoms in total. The minimum absolute atomic E-state index is 0.378. The Bertz CT molecular complexity index is 347. The maximum absolute atomic E-state index is 9.98. The van der Waals surface area contributed by atoms with Crippen molar-refractivity contribution in [2.24, 2.45) is 5.92 Å². The van der Waals surface area contributed by atoms with Crippen molar-refractivity contribution in [3.63, 3.8) is 0 Å². The van der Waals surface area contributed by atoms with Gasteiger partial charge in [0.15, 0.2) is 0 Å². The highest BCUT2D eigenvalue weighted by Crippen LogP contribution is 2.16. The van der Waals surface area contributed by atoms with Gasteiger partial charge in [0, 0.05) is 6.54 Å². The van der Waals surface area contributed by atoms with Gasteiger partial charge in [-0.1, -0.05) is 37.3 Å². The van der Waals surface area contributed by atoms with Gasteiger partial charge in [-0.2, -0.15) is 0 Å². The standard InChI is InChI=1S/C16H25NO2/c1-14-7-9-17(10-8-14)11-16(18)13-19-12-15-5-3-2-4-6-15/h2-6,14,16,18H,7-13H2,1H3. The Labute approximate surface area is 116 Å². The van der Waals surface area contributed by atoms with Crippen molar-refractivity contribution in [3.05, 3.63) is 35.9 Å². The van der Waals surface area contributed by atoms with Crippen molar-refractivity contribution < 1.29 is 9.84 Å². The smallest absolute Gasteiger partial charge is 0.0900 e. The molecule has 1 aliphatic rings. The van der Waals surface area contributed by atoms with E-state index in [1.54, 1.807) is 0 Å². The summed E-state index contributed by atoms with van der Waals surface area (Å²) < 4.78 is 5.57. The lowest BCUT2D eigenvalue weighted by atomic mass is 9.99. The van der Waals surface area contributed by atoms with Gasteiger partial charge in [0.1, 0.15) is 0 Å². The van der Waals surface area contributed by atoms with E-state index in [4.69, 9.17) is 4.74 Å². The van der Waals surface area contributed by atoms with Crippen molar-refractivity contribution in [1.29, 1.82) is 0 Å². The topological polar surface area (TPSA) is 32.7 Å². The average molecular weight is 263 g/mol. The van der Waals surface area contributed by atoms with Crippen LogP contribution in [-0.2, 0) is 11.3 Å². The van der Waals surface area contributed by atoms with Crippen molar-refractivity contribution in [2.45, 2.75) is 32.5 Å². The third-order valence-electron chi connectivity index (χ3n) is 3.77. The molecular weight excluding hydrogens is 238 g/mol. The quantitative estimate of drug-likeness (QED) is 0.855. The normalized spacial score (nSPS) is 19.5. The van der Waals surface area contributed by atoms with Crippen LogP contribution in [0.1, 0.15) is 25.3 Å². The van der Waals surface area contributed by atoms with Gasteiger partial charge in [-0.3, -0.25) is 0 Å². The minimum atomic E-state index is -0.378. The Hall–Kier alpha value is -0.900. The van der Waals surface area contributed by atoms with Gasteiger partial charge in [-0.15, -0.1) is 0 Å². The van der Waals surface area contributed by atoms with Crippen molar-refractivity contribution >= 4 is 0 Å². The van der Waals surface area contributed by atoms with E-state index in [0.29, 0.717) is 13.2 Å². The zero-order chi connectivity index (χ0) is 13.5. The van der Waals surface area contributed by atoms with Crippen molar-refractivity contribution in [2.75, 3.05) is 26.2 Å². The number of hydrogen-bond acceptors (Lipinski definition) is 3. The van der Waals surface area contributed by atoms with E-state index in [9.17, 15) is 5.11 Å². The molecule has 1 fully saturated rings. The second-order valence-electron chi connectivity index (χ2n) is 5.64. The predicted molar refractivity (Wildman–Crippen MR) is 76.9 cm³/mol. The lowest BCUT2D eigenvalue weighted by molar-refractivity contribution is 0.00497. The van der Waals surface area contributed by atoms with Crippen LogP contribution in [0.4, 0.5) is 0 Å². The molecule has 0 aromatic heterocycles. The first-order valence-corrected chi connectivity index (χ1v) is 7.26. The summed E-state index contributed by atoms with van der Waals surface area (Å²) in [5.74, 6) is 0.836. The van der Waals surface area contributed by atoms with Gasteiger partial charge >= 0.3 is 0 Å². The maximum atomic E-state index is 9.98. The molecule has 1 aliphatic heterocycles. The molecule has 0 aliphatic carbocycles. The minimum Gasteiger partial charge on any atom is -0.389 e. The molecule has 1 atom stereocenters. The molecule has 106 valence electrons. The summed E-state index contributed by atoms with van der Waals surface area (Å²) in [6.07, 6.45) is 2.12. The fourth-order valence-corrected chi connectivity index (χ4v) is 2.48. The molecule has 19 heavy (non-hydrogen) atoms. The predicted octanol–water partition coefficient (Wildman–Crippen LogP) is 2.30. The molecule has 1 unspecified atom stereocenters. The van der Waals surface area contributed by atoms with E-state index < -0.39 is 0 Å². The van der Waals surface area contributed by atoms with Crippen LogP contribution in [0.3, 0.4) is 0 Å². The number of hydrogen-bond donors (Lipinski definition) is 1. The highest BCUT2D eigenvalue weighted by Gasteiger charge is 2.18. The first-order chi connectivity index (χ1) is 9.24. The SMILES string of the molecule is CC1CCN(CC(O)COCc2ccccc2)CC1. The molecule has 1 N–H and O–H groups in total. The highest BCUT2D eigenvalue weighted by atomic mass is 16.5. The Kier molecular flexibility index (Phi) is 5.83. The average Bonchev–Trinajstić information content (AvgIpc) is 2.43. The molecule has 1 aromatic rings. The number of likely N-dealkylation sites (tertiary alicyclic amines) is 1. The zero-order valence-electron chi connectivity index (χ0n) is 11.8. The molecule has 1 heterocycles. The Balaban J connectivity index is 1.61. The van der Waals surface area contributed by atoms with Crippen molar-refractivity contribution in [3.8, 4) is 0 Å². The Morgan fingerprint density at radius 3 is 2.63 bits per heavy atom. The third kappa shape index (κ3) is 5.31.